The molecular weight excluding hydrogens is 236 g/mol. The van der Waals surface area contributed by atoms with Crippen LogP contribution in [-0.2, 0) is 5.54 Å². The zero-order valence-corrected chi connectivity index (χ0v) is 12.0. The molecule has 1 aromatic rings. The first-order chi connectivity index (χ1) is 9.23. The van der Waals surface area contributed by atoms with Gasteiger partial charge in [-0.15, -0.1) is 0 Å². The Morgan fingerprint density at radius 1 is 1.21 bits per heavy atom. The molecule has 2 fully saturated rings. The van der Waals surface area contributed by atoms with Crippen molar-refractivity contribution in [2.45, 2.75) is 38.1 Å². The van der Waals surface area contributed by atoms with Crippen molar-refractivity contribution in [2.24, 2.45) is 0 Å². The average molecular weight is 260 g/mol. The molecular formula is C16H24N2O. The summed E-state index contributed by atoms with van der Waals surface area (Å²) >= 11 is 0. The molecule has 104 valence electrons. The van der Waals surface area contributed by atoms with Gasteiger partial charge in [-0.05, 0) is 57.4 Å². The van der Waals surface area contributed by atoms with Crippen molar-refractivity contribution in [3.63, 3.8) is 0 Å². The predicted octanol–water partition coefficient (Wildman–Crippen LogP) is 2.89. The first kappa shape index (κ1) is 12.8. The molecule has 2 aliphatic rings. The number of nitrogens with one attached hydrogen (secondary N) is 1. The smallest absolute Gasteiger partial charge is 0.124 e. The molecule has 0 amide bonds. The minimum atomic E-state index is 0.0705. The Kier molecular flexibility index (Phi) is 3.40. The molecule has 3 rings (SSSR count). The van der Waals surface area contributed by atoms with Crippen LogP contribution in [0, 0.1) is 0 Å². The third kappa shape index (κ3) is 2.32. The molecule has 2 aliphatic heterocycles. The van der Waals surface area contributed by atoms with Gasteiger partial charge in [0, 0.05) is 29.9 Å². The first-order valence-corrected chi connectivity index (χ1v) is 7.41. The summed E-state index contributed by atoms with van der Waals surface area (Å²) in [4.78, 5) is 2.49. The van der Waals surface area contributed by atoms with Crippen LogP contribution in [-0.4, -0.2) is 26.7 Å². The molecule has 0 aliphatic carbocycles. The van der Waals surface area contributed by atoms with Gasteiger partial charge in [0.2, 0.25) is 0 Å². The van der Waals surface area contributed by atoms with Crippen LogP contribution in [0.1, 0.15) is 38.2 Å². The number of ether oxygens (including phenoxy) is 1. The quantitative estimate of drug-likeness (QED) is 0.904. The number of rotatable bonds is 3. The number of anilines is 1. The van der Waals surface area contributed by atoms with Crippen molar-refractivity contribution in [3.05, 3.63) is 23.8 Å². The monoisotopic (exact) mass is 260 g/mol. The van der Waals surface area contributed by atoms with Gasteiger partial charge in [0.1, 0.15) is 5.75 Å². The summed E-state index contributed by atoms with van der Waals surface area (Å²) in [5.41, 5.74) is 2.74. The lowest BCUT2D eigenvalue weighted by Gasteiger charge is -2.29. The summed E-state index contributed by atoms with van der Waals surface area (Å²) in [6.07, 6.45) is 5.06. The van der Waals surface area contributed by atoms with Crippen LogP contribution in [0.2, 0.25) is 0 Å². The van der Waals surface area contributed by atoms with Crippen LogP contribution in [0.4, 0.5) is 5.69 Å². The Labute approximate surface area is 115 Å². The fourth-order valence-electron chi connectivity index (χ4n) is 3.42. The highest BCUT2D eigenvalue weighted by molar-refractivity contribution is 5.55. The summed E-state index contributed by atoms with van der Waals surface area (Å²) in [5, 5.41) is 3.64. The van der Waals surface area contributed by atoms with Crippen LogP contribution in [0.5, 0.6) is 5.75 Å². The Hall–Kier alpha value is -1.22. The van der Waals surface area contributed by atoms with Crippen molar-refractivity contribution in [3.8, 4) is 5.75 Å². The van der Waals surface area contributed by atoms with E-state index < -0.39 is 0 Å². The van der Waals surface area contributed by atoms with Crippen molar-refractivity contribution >= 4 is 5.69 Å². The highest BCUT2D eigenvalue weighted by Crippen LogP contribution is 2.38. The summed E-state index contributed by atoms with van der Waals surface area (Å²) in [5.74, 6) is 1.01. The highest BCUT2D eigenvalue weighted by atomic mass is 16.5. The third-order valence-electron chi connectivity index (χ3n) is 4.62. The predicted molar refractivity (Wildman–Crippen MR) is 79.0 cm³/mol. The molecule has 0 saturated carbocycles. The zero-order chi connectivity index (χ0) is 13.3. The Morgan fingerprint density at radius 2 is 2.00 bits per heavy atom. The molecule has 3 heteroatoms. The minimum absolute atomic E-state index is 0.0705. The Bertz CT molecular complexity index is 446. The maximum atomic E-state index is 5.58. The SMILES string of the molecule is COc1ccc(N2CCCC2)cc1C1(C)CCCN1. The topological polar surface area (TPSA) is 24.5 Å². The van der Waals surface area contributed by atoms with E-state index in [1.165, 1.54) is 50.0 Å². The number of benzene rings is 1. The van der Waals surface area contributed by atoms with E-state index in [0.717, 1.165) is 12.3 Å². The van der Waals surface area contributed by atoms with Gasteiger partial charge in [-0.2, -0.15) is 0 Å². The maximum absolute atomic E-state index is 5.58. The van der Waals surface area contributed by atoms with E-state index in [1.807, 2.05) is 0 Å². The lowest BCUT2D eigenvalue weighted by Crippen LogP contribution is -2.34. The van der Waals surface area contributed by atoms with E-state index in [1.54, 1.807) is 7.11 Å². The summed E-state index contributed by atoms with van der Waals surface area (Å²) in [6, 6.07) is 6.67. The van der Waals surface area contributed by atoms with E-state index >= 15 is 0 Å². The maximum Gasteiger partial charge on any atom is 0.124 e. The number of hydrogen-bond donors (Lipinski definition) is 1. The molecule has 1 aromatic carbocycles. The summed E-state index contributed by atoms with van der Waals surface area (Å²) in [7, 11) is 1.77. The van der Waals surface area contributed by atoms with Gasteiger partial charge < -0.3 is 15.0 Å². The molecule has 0 bridgehead atoms. The molecule has 2 heterocycles. The van der Waals surface area contributed by atoms with Crippen LogP contribution in [0.25, 0.3) is 0 Å². The lowest BCUT2D eigenvalue weighted by molar-refractivity contribution is 0.371. The lowest BCUT2D eigenvalue weighted by atomic mass is 9.89. The molecule has 19 heavy (non-hydrogen) atoms. The Balaban J connectivity index is 1.97. The standard InChI is InChI=1S/C16H24N2O/c1-16(8-5-9-17-16)14-12-13(6-7-15(14)19-2)18-10-3-4-11-18/h6-7,12,17H,3-5,8-11H2,1-2H3. The van der Waals surface area contributed by atoms with Crippen LogP contribution in [0.3, 0.4) is 0 Å². The summed E-state index contributed by atoms with van der Waals surface area (Å²) < 4.78 is 5.58. The van der Waals surface area contributed by atoms with Gasteiger partial charge in [0.25, 0.3) is 0 Å². The van der Waals surface area contributed by atoms with Gasteiger partial charge in [-0.25, -0.2) is 0 Å². The molecule has 1 unspecified atom stereocenters. The van der Waals surface area contributed by atoms with Crippen LogP contribution < -0.4 is 15.0 Å². The van der Waals surface area contributed by atoms with Gasteiger partial charge in [0.05, 0.1) is 7.11 Å². The molecule has 0 spiro atoms. The Morgan fingerprint density at radius 3 is 2.63 bits per heavy atom. The van der Waals surface area contributed by atoms with Gasteiger partial charge >= 0.3 is 0 Å². The molecule has 1 N–H and O–H groups in total. The average Bonchev–Trinajstić information content (AvgIpc) is 3.10. The van der Waals surface area contributed by atoms with Crippen molar-refractivity contribution in [1.29, 1.82) is 0 Å². The largest absolute Gasteiger partial charge is 0.496 e. The van der Waals surface area contributed by atoms with Crippen LogP contribution >= 0.6 is 0 Å². The van der Waals surface area contributed by atoms with E-state index in [9.17, 15) is 0 Å². The third-order valence-corrected chi connectivity index (χ3v) is 4.62. The second-order valence-electron chi connectivity index (χ2n) is 5.94. The highest BCUT2D eigenvalue weighted by Gasteiger charge is 2.33. The van der Waals surface area contributed by atoms with Crippen molar-refractivity contribution in [1.82, 2.24) is 5.32 Å². The summed E-state index contributed by atoms with van der Waals surface area (Å²) in [6.45, 7) is 5.78. The number of hydrogen-bond acceptors (Lipinski definition) is 3. The number of methoxy groups -OCH3 is 1. The zero-order valence-electron chi connectivity index (χ0n) is 12.0. The fraction of sp³-hybridized carbons (Fsp3) is 0.625. The first-order valence-electron chi connectivity index (χ1n) is 7.41. The second-order valence-corrected chi connectivity index (χ2v) is 5.94. The van der Waals surface area contributed by atoms with E-state index in [4.69, 9.17) is 4.74 Å². The molecule has 2 saturated heterocycles. The molecule has 0 aromatic heterocycles. The minimum Gasteiger partial charge on any atom is -0.496 e. The van der Waals surface area contributed by atoms with Crippen molar-refractivity contribution in [2.75, 3.05) is 31.6 Å². The molecule has 0 radical (unpaired) electrons. The molecule has 1 atom stereocenters. The fourth-order valence-corrected chi connectivity index (χ4v) is 3.42. The van der Waals surface area contributed by atoms with Crippen LogP contribution in [0.15, 0.2) is 18.2 Å². The van der Waals surface area contributed by atoms with Gasteiger partial charge in [-0.1, -0.05) is 0 Å². The van der Waals surface area contributed by atoms with Gasteiger partial charge in [-0.3, -0.25) is 0 Å². The second kappa shape index (κ2) is 5.04. The van der Waals surface area contributed by atoms with E-state index in [0.29, 0.717) is 0 Å². The van der Waals surface area contributed by atoms with Crippen molar-refractivity contribution < 1.29 is 4.74 Å². The molecule has 3 nitrogen and oxygen atoms in total. The number of nitrogens with zero attached hydrogens (tertiary/aromatic N) is 1. The normalized spacial score (nSPS) is 26.9. The van der Waals surface area contributed by atoms with Gasteiger partial charge in [0.15, 0.2) is 0 Å². The van der Waals surface area contributed by atoms with E-state index in [-0.39, 0.29) is 5.54 Å². The van der Waals surface area contributed by atoms with E-state index in [2.05, 4.69) is 35.3 Å².